The van der Waals surface area contributed by atoms with Crippen LogP contribution in [0.4, 0.5) is 5.13 Å². The first-order valence-corrected chi connectivity index (χ1v) is 11.2. The fourth-order valence-corrected chi connectivity index (χ4v) is 4.24. The first-order chi connectivity index (χ1) is 15.6. The maximum absolute atomic E-state index is 13.2. The Balaban J connectivity index is 1.54. The molecule has 4 aromatic rings. The number of amides is 2. The summed E-state index contributed by atoms with van der Waals surface area (Å²) in [7, 11) is 0. The van der Waals surface area contributed by atoms with Crippen LogP contribution >= 0.6 is 11.3 Å². The molecule has 6 heteroatoms. The third-order valence-electron chi connectivity index (χ3n) is 5.01. The van der Waals surface area contributed by atoms with Gasteiger partial charge in [-0.05, 0) is 24.6 Å². The molecule has 32 heavy (non-hydrogen) atoms. The number of thiazole rings is 1. The minimum absolute atomic E-state index is 0.290. The summed E-state index contributed by atoms with van der Waals surface area (Å²) in [6.07, 6.45) is 0.376. The molecule has 0 spiro atoms. The van der Waals surface area contributed by atoms with Gasteiger partial charge in [-0.25, -0.2) is 4.98 Å². The zero-order chi connectivity index (χ0) is 22.3. The van der Waals surface area contributed by atoms with E-state index < -0.39 is 6.04 Å². The van der Waals surface area contributed by atoms with Crippen LogP contribution in [0.5, 0.6) is 0 Å². The average Bonchev–Trinajstić information content (AvgIpc) is 3.20. The van der Waals surface area contributed by atoms with Crippen molar-refractivity contribution >= 4 is 28.3 Å². The van der Waals surface area contributed by atoms with E-state index in [-0.39, 0.29) is 11.8 Å². The monoisotopic (exact) mass is 441 g/mol. The number of nitrogens with zero attached hydrogens (tertiary/aromatic N) is 1. The normalized spacial score (nSPS) is 11.5. The van der Waals surface area contributed by atoms with E-state index in [0.717, 1.165) is 21.7 Å². The highest BCUT2D eigenvalue weighted by atomic mass is 32.1. The van der Waals surface area contributed by atoms with E-state index >= 15 is 0 Å². The van der Waals surface area contributed by atoms with Gasteiger partial charge >= 0.3 is 0 Å². The quantitative estimate of drug-likeness (QED) is 0.419. The first kappa shape index (κ1) is 21.5. The lowest BCUT2D eigenvalue weighted by atomic mass is 10.0. The lowest BCUT2D eigenvalue weighted by Crippen LogP contribution is -2.45. The molecule has 1 atom stereocenters. The Kier molecular flexibility index (Phi) is 6.72. The number of nitrogens with one attached hydrogen (secondary N) is 2. The van der Waals surface area contributed by atoms with Gasteiger partial charge in [0.05, 0.1) is 5.69 Å². The number of aryl methyl sites for hydroxylation is 1. The first-order valence-electron chi connectivity index (χ1n) is 10.3. The van der Waals surface area contributed by atoms with Crippen molar-refractivity contribution in [3.63, 3.8) is 0 Å². The molecule has 1 aromatic heterocycles. The maximum atomic E-state index is 13.2. The molecule has 0 radical (unpaired) electrons. The molecule has 0 aliphatic carbocycles. The summed E-state index contributed by atoms with van der Waals surface area (Å²) in [6, 6.07) is 27.6. The number of anilines is 1. The molecule has 2 N–H and O–H groups in total. The molecule has 0 unspecified atom stereocenters. The zero-order valence-electron chi connectivity index (χ0n) is 17.6. The van der Waals surface area contributed by atoms with Gasteiger partial charge in [0.2, 0.25) is 5.91 Å². The lowest BCUT2D eigenvalue weighted by molar-refractivity contribution is -0.118. The second-order valence-electron chi connectivity index (χ2n) is 7.36. The van der Waals surface area contributed by atoms with Gasteiger partial charge in [0.25, 0.3) is 5.91 Å². The number of carbonyl (C=O) groups excluding carboxylic acids is 2. The highest BCUT2D eigenvalue weighted by molar-refractivity contribution is 7.16. The van der Waals surface area contributed by atoms with Crippen molar-refractivity contribution < 1.29 is 9.59 Å². The van der Waals surface area contributed by atoms with E-state index in [1.807, 2.05) is 73.7 Å². The standard InChI is InChI=1S/C26H23N3O2S/c1-18-23(20-13-7-3-8-14-20)28-26(32-18)29-25(31)22(17-19-11-5-2-6-12-19)27-24(30)21-15-9-4-10-16-21/h2-16,22H,17H2,1H3,(H,27,30)(H,28,29,31)/t22-/m0/s1. The van der Waals surface area contributed by atoms with Crippen LogP contribution in [-0.2, 0) is 11.2 Å². The fourth-order valence-electron chi connectivity index (χ4n) is 3.40. The molecule has 0 aliphatic rings. The Morgan fingerprint density at radius 3 is 2.12 bits per heavy atom. The SMILES string of the molecule is Cc1sc(NC(=O)[C@H](Cc2ccccc2)NC(=O)c2ccccc2)nc1-c1ccccc1. The summed E-state index contributed by atoms with van der Waals surface area (Å²) >= 11 is 1.42. The molecule has 0 saturated carbocycles. The molecule has 0 saturated heterocycles. The van der Waals surface area contributed by atoms with Gasteiger partial charge < -0.3 is 10.6 Å². The predicted octanol–water partition coefficient (Wildman–Crippen LogP) is 5.10. The summed E-state index contributed by atoms with van der Waals surface area (Å²) in [4.78, 5) is 31.6. The van der Waals surface area contributed by atoms with Crippen molar-refractivity contribution in [3.05, 3.63) is 107 Å². The Labute approximate surface area is 191 Å². The van der Waals surface area contributed by atoms with Crippen molar-refractivity contribution in [2.75, 3.05) is 5.32 Å². The molecule has 160 valence electrons. The summed E-state index contributed by atoms with van der Waals surface area (Å²) in [5.74, 6) is -0.589. The fraction of sp³-hybridized carbons (Fsp3) is 0.115. The van der Waals surface area contributed by atoms with Crippen LogP contribution in [0, 0.1) is 6.92 Å². The van der Waals surface area contributed by atoms with Crippen molar-refractivity contribution in [3.8, 4) is 11.3 Å². The second-order valence-corrected chi connectivity index (χ2v) is 8.56. The van der Waals surface area contributed by atoms with E-state index in [1.54, 1.807) is 24.3 Å². The Bertz CT molecular complexity index is 1190. The van der Waals surface area contributed by atoms with Crippen molar-refractivity contribution in [1.29, 1.82) is 0 Å². The van der Waals surface area contributed by atoms with E-state index in [2.05, 4.69) is 15.6 Å². The van der Waals surface area contributed by atoms with E-state index in [9.17, 15) is 9.59 Å². The highest BCUT2D eigenvalue weighted by Crippen LogP contribution is 2.30. The van der Waals surface area contributed by atoms with E-state index in [4.69, 9.17) is 0 Å². The van der Waals surface area contributed by atoms with Gasteiger partial charge in [-0.3, -0.25) is 9.59 Å². The van der Waals surface area contributed by atoms with E-state index in [1.165, 1.54) is 11.3 Å². The van der Waals surface area contributed by atoms with Crippen LogP contribution in [0.15, 0.2) is 91.0 Å². The summed E-state index contributed by atoms with van der Waals surface area (Å²) in [5.41, 5.74) is 3.31. The topological polar surface area (TPSA) is 71.1 Å². The Hall–Kier alpha value is -3.77. The molecule has 2 amide bonds. The average molecular weight is 442 g/mol. The van der Waals surface area contributed by atoms with Gasteiger partial charge in [0, 0.05) is 22.4 Å². The summed E-state index contributed by atoms with van der Waals surface area (Å²) in [6.45, 7) is 1.98. The molecular weight excluding hydrogens is 418 g/mol. The highest BCUT2D eigenvalue weighted by Gasteiger charge is 2.23. The predicted molar refractivity (Wildman–Crippen MR) is 129 cm³/mol. The van der Waals surface area contributed by atoms with Crippen LogP contribution in [0.25, 0.3) is 11.3 Å². The molecule has 0 bridgehead atoms. The van der Waals surface area contributed by atoms with Crippen LogP contribution in [0.2, 0.25) is 0 Å². The minimum atomic E-state index is -0.741. The van der Waals surface area contributed by atoms with Crippen molar-refractivity contribution in [2.24, 2.45) is 0 Å². The van der Waals surface area contributed by atoms with Gasteiger partial charge in [-0.2, -0.15) is 0 Å². The van der Waals surface area contributed by atoms with Gasteiger partial charge in [0.1, 0.15) is 6.04 Å². The van der Waals surface area contributed by atoms with Gasteiger partial charge in [-0.1, -0.05) is 78.9 Å². The van der Waals surface area contributed by atoms with E-state index in [0.29, 0.717) is 17.1 Å². The number of carbonyl (C=O) groups is 2. The van der Waals surface area contributed by atoms with Crippen molar-refractivity contribution in [2.45, 2.75) is 19.4 Å². The van der Waals surface area contributed by atoms with Crippen LogP contribution in [0.3, 0.4) is 0 Å². The zero-order valence-corrected chi connectivity index (χ0v) is 18.4. The molecule has 4 rings (SSSR count). The molecule has 3 aromatic carbocycles. The molecule has 0 aliphatic heterocycles. The van der Waals surface area contributed by atoms with Crippen LogP contribution < -0.4 is 10.6 Å². The third kappa shape index (κ3) is 5.28. The van der Waals surface area contributed by atoms with Gasteiger partial charge in [0.15, 0.2) is 5.13 Å². The second kappa shape index (κ2) is 10.0. The minimum Gasteiger partial charge on any atom is -0.340 e. The molecule has 5 nitrogen and oxygen atoms in total. The largest absolute Gasteiger partial charge is 0.340 e. The number of aromatic nitrogens is 1. The molecule has 1 heterocycles. The van der Waals surface area contributed by atoms with Crippen LogP contribution in [0.1, 0.15) is 20.8 Å². The summed E-state index contributed by atoms with van der Waals surface area (Å²) < 4.78 is 0. The molecule has 0 fully saturated rings. The number of rotatable bonds is 7. The lowest BCUT2D eigenvalue weighted by Gasteiger charge is -2.18. The molecular formula is C26H23N3O2S. The number of hydrogen-bond acceptors (Lipinski definition) is 4. The Morgan fingerprint density at radius 1 is 0.875 bits per heavy atom. The van der Waals surface area contributed by atoms with Crippen molar-refractivity contribution in [1.82, 2.24) is 10.3 Å². The van der Waals surface area contributed by atoms with Gasteiger partial charge in [-0.15, -0.1) is 11.3 Å². The van der Waals surface area contributed by atoms with Crippen LogP contribution in [-0.4, -0.2) is 22.8 Å². The Morgan fingerprint density at radius 2 is 1.47 bits per heavy atom. The smallest absolute Gasteiger partial charge is 0.251 e. The number of benzene rings is 3. The maximum Gasteiger partial charge on any atom is 0.251 e. The third-order valence-corrected chi connectivity index (χ3v) is 5.90. The summed E-state index contributed by atoms with van der Waals surface area (Å²) in [5, 5.41) is 6.30. The number of hydrogen-bond donors (Lipinski definition) is 2.